The number of hydrogen-bond donors (Lipinski definition) is 2. The van der Waals surface area contributed by atoms with Crippen molar-refractivity contribution in [2.45, 2.75) is 0 Å². The first kappa shape index (κ1) is 18.4. The first-order valence-corrected chi connectivity index (χ1v) is 8.04. The normalized spacial score (nSPS) is 10.9. The van der Waals surface area contributed by atoms with E-state index in [0.717, 1.165) is 0 Å². The van der Waals surface area contributed by atoms with Gasteiger partial charge in [0.05, 0.1) is 10.5 Å². The zero-order valence-electron chi connectivity index (χ0n) is 14.3. The van der Waals surface area contributed by atoms with Gasteiger partial charge in [-0.3, -0.25) is 14.9 Å². The van der Waals surface area contributed by atoms with Gasteiger partial charge in [0, 0.05) is 17.8 Å². The van der Waals surface area contributed by atoms with Gasteiger partial charge in [-0.2, -0.15) is 5.26 Å². The monoisotopic (exact) mass is 375 g/mol. The summed E-state index contributed by atoms with van der Waals surface area (Å²) in [6, 6.07) is 16.7. The highest BCUT2D eigenvalue weighted by molar-refractivity contribution is 6.09. The molecule has 1 amide bonds. The molecule has 0 aliphatic heterocycles. The van der Waals surface area contributed by atoms with E-state index in [0.29, 0.717) is 11.3 Å². The van der Waals surface area contributed by atoms with Gasteiger partial charge < -0.3 is 14.8 Å². The minimum atomic E-state index is -0.656. The molecule has 0 unspecified atom stereocenters. The van der Waals surface area contributed by atoms with E-state index in [-0.39, 0.29) is 28.5 Å². The van der Waals surface area contributed by atoms with Crippen LogP contribution >= 0.6 is 0 Å². The molecule has 0 aliphatic rings. The van der Waals surface area contributed by atoms with Gasteiger partial charge in [0.1, 0.15) is 28.9 Å². The van der Waals surface area contributed by atoms with Gasteiger partial charge in [-0.1, -0.05) is 12.1 Å². The number of nitro benzene ring substituents is 1. The predicted octanol–water partition coefficient (Wildman–Crippen LogP) is 4.11. The van der Waals surface area contributed by atoms with Crippen molar-refractivity contribution in [2.75, 3.05) is 5.32 Å². The number of benzene rings is 2. The fourth-order valence-electron chi connectivity index (χ4n) is 2.45. The molecule has 28 heavy (non-hydrogen) atoms. The van der Waals surface area contributed by atoms with Crippen molar-refractivity contribution in [2.24, 2.45) is 0 Å². The van der Waals surface area contributed by atoms with E-state index in [2.05, 4.69) is 5.32 Å². The number of aromatic hydroxyl groups is 1. The molecule has 1 aromatic heterocycles. The highest BCUT2D eigenvalue weighted by atomic mass is 16.6. The minimum absolute atomic E-state index is 0.0483. The van der Waals surface area contributed by atoms with Crippen molar-refractivity contribution < 1.29 is 19.2 Å². The summed E-state index contributed by atoms with van der Waals surface area (Å²) in [7, 11) is 0. The lowest BCUT2D eigenvalue weighted by atomic mass is 10.1. The summed E-state index contributed by atoms with van der Waals surface area (Å²) in [5, 5.41) is 32.2. The van der Waals surface area contributed by atoms with Crippen molar-refractivity contribution in [3.8, 4) is 23.1 Å². The van der Waals surface area contributed by atoms with Gasteiger partial charge in [-0.25, -0.2) is 0 Å². The Bertz CT molecular complexity index is 1110. The van der Waals surface area contributed by atoms with Crippen LogP contribution in [0.15, 0.2) is 70.7 Å². The number of carbonyl (C=O) groups is 1. The number of nitrogens with zero attached hydrogens (tertiary/aromatic N) is 2. The number of rotatable bonds is 5. The van der Waals surface area contributed by atoms with Crippen LogP contribution in [-0.4, -0.2) is 15.9 Å². The van der Waals surface area contributed by atoms with E-state index < -0.39 is 10.8 Å². The standard InChI is InChI=1S/C20H13N3O5/c21-12-13(20(25)22-14-5-7-15(24)8-6-14)11-16-9-10-19(28-16)17-3-1-2-4-18(17)23(26)27/h1-11,24H,(H,22,25)/b13-11+. The average Bonchev–Trinajstić information content (AvgIpc) is 3.16. The average molecular weight is 375 g/mol. The van der Waals surface area contributed by atoms with Crippen LogP contribution in [0, 0.1) is 21.4 Å². The summed E-state index contributed by atoms with van der Waals surface area (Å²) >= 11 is 0. The topological polar surface area (TPSA) is 129 Å². The third-order valence-electron chi connectivity index (χ3n) is 3.77. The minimum Gasteiger partial charge on any atom is -0.508 e. The molecular weight excluding hydrogens is 362 g/mol. The van der Waals surface area contributed by atoms with Crippen molar-refractivity contribution in [3.05, 3.63) is 82.1 Å². The number of nitriles is 1. The molecule has 1 heterocycles. The Kier molecular flexibility index (Phi) is 5.18. The Labute approximate surface area is 159 Å². The second-order valence-corrected chi connectivity index (χ2v) is 5.65. The second-order valence-electron chi connectivity index (χ2n) is 5.65. The number of phenolic OH excluding ortho intramolecular Hbond substituents is 1. The van der Waals surface area contributed by atoms with Gasteiger partial charge in [0.25, 0.3) is 11.6 Å². The van der Waals surface area contributed by atoms with Crippen LogP contribution in [0.3, 0.4) is 0 Å². The number of anilines is 1. The van der Waals surface area contributed by atoms with E-state index in [1.807, 2.05) is 0 Å². The summed E-state index contributed by atoms with van der Waals surface area (Å²) in [5.41, 5.74) is 0.373. The second kappa shape index (κ2) is 7.88. The Balaban J connectivity index is 1.85. The molecular formula is C20H13N3O5. The number of nitrogens with one attached hydrogen (secondary N) is 1. The number of para-hydroxylation sites is 1. The van der Waals surface area contributed by atoms with Gasteiger partial charge in [0.15, 0.2) is 0 Å². The molecule has 0 bridgehead atoms. The fourth-order valence-corrected chi connectivity index (χ4v) is 2.45. The Hall–Kier alpha value is -4.38. The summed E-state index contributed by atoms with van der Waals surface area (Å²) in [6.45, 7) is 0. The Morgan fingerprint density at radius 2 is 1.86 bits per heavy atom. The van der Waals surface area contributed by atoms with Crippen LogP contribution in [0.1, 0.15) is 5.76 Å². The maximum atomic E-state index is 12.3. The summed E-state index contributed by atoms with van der Waals surface area (Å²) in [4.78, 5) is 22.9. The van der Waals surface area contributed by atoms with Crippen LogP contribution < -0.4 is 5.32 Å². The van der Waals surface area contributed by atoms with Gasteiger partial charge >= 0.3 is 0 Å². The molecule has 0 radical (unpaired) electrons. The summed E-state index contributed by atoms with van der Waals surface area (Å²) in [5.74, 6) is -0.163. The molecule has 3 rings (SSSR count). The molecule has 0 fully saturated rings. The molecule has 8 nitrogen and oxygen atoms in total. The van der Waals surface area contributed by atoms with Crippen LogP contribution in [0.2, 0.25) is 0 Å². The third-order valence-corrected chi connectivity index (χ3v) is 3.77. The van der Waals surface area contributed by atoms with Crippen LogP contribution in [-0.2, 0) is 4.79 Å². The number of amides is 1. The molecule has 2 aromatic carbocycles. The Morgan fingerprint density at radius 1 is 1.14 bits per heavy atom. The lowest BCUT2D eigenvalue weighted by molar-refractivity contribution is -0.384. The van der Waals surface area contributed by atoms with Crippen molar-refractivity contribution in [1.82, 2.24) is 0 Å². The molecule has 0 saturated carbocycles. The highest BCUT2D eigenvalue weighted by Crippen LogP contribution is 2.31. The number of hydrogen-bond acceptors (Lipinski definition) is 6. The molecule has 0 saturated heterocycles. The van der Waals surface area contributed by atoms with Crippen LogP contribution in [0.4, 0.5) is 11.4 Å². The number of nitro groups is 1. The van der Waals surface area contributed by atoms with Gasteiger partial charge in [0.2, 0.25) is 0 Å². The SMILES string of the molecule is N#C/C(=C\c1ccc(-c2ccccc2[N+](=O)[O-])o1)C(=O)Nc1ccc(O)cc1. The van der Waals surface area contributed by atoms with Crippen LogP contribution in [0.25, 0.3) is 17.4 Å². The van der Waals surface area contributed by atoms with Crippen molar-refractivity contribution >= 4 is 23.4 Å². The number of phenols is 1. The van der Waals surface area contributed by atoms with E-state index in [4.69, 9.17) is 4.42 Å². The number of carbonyl (C=O) groups excluding carboxylic acids is 1. The van der Waals surface area contributed by atoms with Gasteiger partial charge in [-0.05, 0) is 42.5 Å². The molecule has 2 N–H and O–H groups in total. The summed E-state index contributed by atoms with van der Waals surface area (Å²) in [6.07, 6.45) is 1.24. The van der Waals surface area contributed by atoms with E-state index in [1.54, 1.807) is 24.3 Å². The van der Waals surface area contributed by atoms with E-state index in [9.17, 15) is 25.3 Å². The first-order valence-electron chi connectivity index (χ1n) is 8.04. The quantitative estimate of drug-likeness (QED) is 0.227. The first-order chi connectivity index (χ1) is 13.5. The number of furan rings is 1. The third kappa shape index (κ3) is 4.05. The maximum absolute atomic E-state index is 12.3. The Morgan fingerprint density at radius 3 is 2.54 bits per heavy atom. The van der Waals surface area contributed by atoms with Gasteiger partial charge in [-0.15, -0.1) is 0 Å². The fraction of sp³-hybridized carbons (Fsp3) is 0. The molecule has 0 atom stereocenters. The zero-order valence-corrected chi connectivity index (χ0v) is 14.3. The molecule has 0 spiro atoms. The predicted molar refractivity (Wildman–Crippen MR) is 101 cm³/mol. The van der Waals surface area contributed by atoms with E-state index in [1.165, 1.54) is 48.5 Å². The van der Waals surface area contributed by atoms with Crippen molar-refractivity contribution in [3.63, 3.8) is 0 Å². The maximum Gasteiger partial charge on any atom is 0.280 e. The summed E-state index contributed by atoms with van der Waals surface area (Å²) < 4.78 is 5.56. The molecule has 0 aliphatic carbocycles. The smallest absolute Gasteiger partial charge is 0.280 e. The van der Waals surface area contributed by atoms with E-state index >= 15 is 0 Å². The molecule has 138 valence electrons. The molecule has 3 aromatic rings. The lowest BCUT2D eigenvalue weighted by Crippen LogP contribution is -2.13. The highest BCUT2D eigenvalue weighted by Gasteiger charge is 2.17. The zero-order chi connectivity index (χ0) is 20.1. The largest absolute Gasteiger partial charge is 0.508 e. The van der Waals surface area contributed by atoms with Crippen LogP contribution in [0.5, 0.6) is 5.75 Å². The van der Waals surface area contributed by atoms with Crippen molar-refractivity contribution in [1.29, 1.82) is 5.26 Å². The lowest BCUT2D eigenvalue weighted by Gasteiger charge is -2.03. The molecule has 8 heteroatoms.